The normalized spacial score (nSPS) is 10.9. The Morgan fingerprint density at radius 3 is 2.71 bits per heavy atom. The lowest BCUT2D eigenvalue weighted by Crippen LogP contribution is -2.09. The average Bonchev–Trinajstić information content (AvgIpc) is 2.88. The second kappa shape index (κ2) is 6.80. The predicted octanol–water partition coefficient (Wildman–Crippen LogP) is 3.71. The number of hydrogen-bond acceptors (Lipinski definition) is 4. The molecule has 0 saturated heterocycles. The Hall–Kier alpha value is -1.75. The Morgan fingerprint density at radius 1 is 1.38 bits per heavy atom. The number of carbonyl (C=O) groups excluding carboxylic acids is 1. The minimum Gasteiger partial charge on any atom is -0.465 e. The molecule has 112 valence electrons. The lowest BCUT2D eigenvalue weighted by Gasteiger charge is -2.15. The molecule has 2 aromatic rings. The van der Waals surface area contributed by atoms with Crippen LogP contribution in [0.15, 0.2) is 35.6 Å². The number of thioether (sulfide) groups is 1. The molecule has 0 radical (unpaired) electrons. The Balaban J connectivity index is 2.57. The van der Waals surface area contributed by atoms with Gasteiger partial charge in [-0.25, -0.2) is 9.78 Å². The molecule has 0 unspecified atom stereocenters. The number of nitrogens with zero attached hydrogens (tertiary/aromatic N) is 2. The van der Waals surface area contributed by atoms with Gasteiger partial charge in [0.25, 0.3) is 0 Å². The molecule has 1 aromatic heterocycles. The third-order valence-corrected chi connectivity index (χ3v) is 3.85. The van der Waals surface area contributed by atoms with Crippen molar-refractivity contribution in [2.45, 2.75) is 25.5 Å². The third kappa shape index (κ3) is 3.29. The highest BCUT2D eigenvalue weighted by atomic mass is 32.2. The quantitative estimate of drug-likeness (QED) is 0.624. The number of imidazole rings is 1. The molecular formula is C16H20N2O2S. The van der Waals surface area contributed by atoms with E-state index in [0.717, 1.165) is 23.0 Å². The van der Waals surface area contributed by atoms with Crippen molar-refractivity contribution < 1.29 is 9.53 Å². The maximum Gasteiger partial charge on any atom is 0.338 e. The minimum atomic E-state index is -0.325. The van der Waals surface area contributed by atoms with Gasteiger partial charge in [0.1, 0.15) is 0 Å². The smallest absolute Gasteiger partial charge is 0.338 e. The zero-order valence-electron chi connectivity index (χ0n) is 12.8. The van der Waals surface area contributed by atoms with Gasteiger partial charge in [0.2, 0.25) is 0 Å². The van der Waals surface area contributed by atoms with Crippen molar-refractivity contribution in [3.63, 3.8) is 0 Å². The van der Waals surface area contributed by atoms with Gasteiger partial charge >= 0.3 is 5.97 Å². The molecule has 0 N–H and O–H groups in total. The third-order valence-electron chi connectivity index (χ3n) is 3.16. The molecule has 1 aromatic carbocycles. The fourth-order valence-electron chi connectivity index (χ4n) is 2.27. The van der Waals surface area contributed by atoms with E-state index in [1.807, 2.05) is 30.7 Å². The highest BCUT2D eigenvalue weighted by Crippen LogP contribution is 2.29. The number of ether oxygens (including phenoxy) is 1. The molecule has 21 heavy (non-hydrogen) atoms. The van der Waals surface area contributed by atoms with Gasteiger partial charge in [0, 0.05) is 12.1 Å². The highest BCUT2D eigenvalue weighted by Gasteiger charge is 2.18. The van der Waals surface area contributed by atoms with Crippen LogP contribution in [0.2, 0.25) is 0 Å². The van der Waals surface area contributed by atoms with Crippen molar-refractivity contribution in [1.82, 2.24) is 9.55 Å². The summed E-state index contributed by atoms with van der Waals surface area (Å²) in [5, 5.41) is 0.957. The van der Waals surface area contributed by atoms with E-state index in [-0.39, 0.29) is 5.97 Å². The molecule has 4 nitrogen and oxygen atoms in total. The number of esters is 1. The van der Waals surface area contributed by atoms with Crippen molar-refractivity contribution in [1.29, 1.82) is 0 Å². The van der Waals surface area contributed by atoms with Crippen molar-refractivity contribution in [3.05, 3.63) is 36.0 Å². The maximum absolute atomic E-state index is 12.0. The van der Waals surface area contributed by atoms with Crippen molar-refractivity contribution in [2.75, 3.05) is 13.4 Å². The maximum atomic E-state index is 12.0. The lowest BCUT2D eigenvalue weighted by molar-refractivity contribution is 0.0601. The van der Waals surface area contributed by atoms with Gasteiger partial charge in [0.15, 0.2) is 5.16 Å². The summed E-state index contributed by atoms with van der Waals surface area (Å²) < 4.78 is 7.04. The van der Waals surface area contributed by atoms with Gasteiger partial charge < -0.3 is 9.30 Å². The lowest BCUT2D eigenvalue weighted by atomic mass is 10.0. The molecule has 5 heteroatoms. The van der Waals surface area contributed by atoms with Crippen LogP contribution in [0.1, 0.15) is 24.2 Å². The van der Waals surface area contributed by atoms with Gasteiger partial charge in [-0.1, -0.05) is 43.8 Å². The number of benzene rings is 1. The van der Waals surface area contributed by atoms with Crippen LogP contribution in [0, 0.1) is 5.92 Å². The van der Waals surface area contributed by atoms with E-state index < -0.39 is 0 Å². The first-order valence-electron chi connectivity index (χ1n) is 6.85. The Labute approximate surface area is 129 Å². The molecule has 0 fully saturated rings. The molecule has 0 aliphatic heterocycles. The number of methoxy groups -OCH3 is 1. The van der Waals surface area contributed by atoms with Crippen LogP contribution in [0.4, 0.5) is 0 Å². The summed E-state index contributed by atoms with van der Waals surface area (Å²) in [6.45, 7) is 5.20. The zero-order valence-corrected chi connectivity index (χ0v) is 13.6. The number of hydrogen-bond donors (Lipinski definition) is 0. The Morgan fingerprint density at radius 2 is 2.10 bits per heavy atom. The van der Waals surface area contributed by atoms with E-state index in [2.05, 4.69) is 23.4 Å². The second-order valence-corrected chi connectivity index (χ2v) is 5.95. The number of aromatic nitrogens is 2. The zero-order chi connectivity index (χ0) is 15.4. The topological polar surface area (TPSA) is 44.1 Å². The monoisotopic (exact) mass is 304 g/mol. The summed E-state index contributed by atoms with van der Waals surface area (Å²) in [5.41, 5.74) is 2.38. The van der Waals surface area contributed by atoms with Crippen LogP contribution in [-0.4, -0.2) is 28.9 Å². The standard InChI is InChI=1S/C16H20N2O2S/c1-11(2)10-18-14(9-17-16(18)21-4)12-7-5-6-8-13(12)15(19)20-3/h5-9,11H,10H2,1-4H3. The highest BCUT2D eigenvalue weighted by molar-refractivity contribution is 7.98. The molecule has 2 rings (SSSR count). The molecule has 0 saturated carbocycles. The summed E-state index contributed by atoms with van der Waals surface area (Å²) in [4.78, 5) is 16.4. The van der Waals surface area contributed by atoms with Crippen LogP contribution in [0.5, 0.6) is 0 Å². The summed E-state index contributed by atoms with van der Waals surface area (Å²) in [5.74, 6) is 0.169. The van der Waals surface area contributed by atoms with E-state index in [9.17, 15) is 4.79 Å². The van der Waals surface area contributed by atoms with Crippen LogP contribution < -0.4 is 0 Å². The molecule has 1 heterocycles. The fourth-order valence-corrected chi connectivity index (χ4v) is 2.82. The molecule has 0 atom stereocenters. The van der Waals surface area contributed by atoms with Gasteiger partial charge in [-0.05, 0) is 18.2 Å². The molecular weight excluding hydrogens is 284 g/mol. The fraction of sp³-hybridized carbons (Fsp3) is 0.375. The first-order chi connectivity index (χ1) is 10.1. The average molecular weight is 304 g/mol. The predicted molar refractivity (Wildman–Crippen MR) is 85.6 cm³/mol. The molecule has 0 aliphatic rings. The Bertz CT molecular complexity index is 635. The summed E-state index contributed by atoms with van der Waals surface area (Å²) in [6, 6.07) is 7.48. The molecule has 0 aliphatic carbocycles. The summed E-state index contributed by atoms with van der Waals surface area (Å²) >= 11 is 1.61. The van der Waals surface area contributed by atoms with Gasteiger partial charge in [-0.15, -0.1) is 0 Å². The molecule has 0 amide bonds. The van der Waals surface area contributed by atoms with Crippen LogP contribution in [-0.2, 0) is 11.3 Å². The number of carbonyl (C=O) groups is 1. The number of rotatable bonds is 5. The van der Waals surface area contributed by atoms with E-state index in [0.29, 0.717) is 11.5 Å². The summed E-state index contributed by atoms with van der Waals surface area (Å²) in [7, 11) is 1.40. The Kier molecular flexibility index (Phi) is 5.07. The van der Waals surface area contributed by atoms with Crippen LogP contribution in [0.3, 0.4) is 0 Å². The van der Waals surface area contributed by atoms with E-state index in [4.69, 9.17) is 4.74 Å². The van der Waals surface area contributed by atoms with E-state index in [1.54, 1.807) is 17.8 Å². The SMILES string of the molecule is COC(=O)c1ccccc1-c1cnc(SC)n1CC(C)C. The van der Waals surface area contributed by atoms with Crippen molar-refractivity contribution >= 4 is 17.7 Å². The first kappa shape index (κ1) is 15.6. The van der Waals surface area contributed by atoms with Gasteiger partial charge in [-0.2, -0.15) is 0 Å². The van der Waals surface area contributed by atoms with Crippen molar-refractivity contribution in [3.8, 4) is 11.3 Å². The summed E-state index contributed by atoms with van der Waals surface area (Å²) in [6.07, 6.45) is 3.84. The van der Waals surface area contributed by atoms with Crippen LogP contribution >= 0.6 is 11.8 Å². The van der Waals surface area contributed by atoms with Gasteiger partial charge in [0.05, 0.1) is 24.6 Å². The molecule has 0 spiro atoms. The van der Waals surface area contributed by atoms with E-state index in [1.165, 1.54) is 7.11 Å². The van der Waals surface area contributed by atoms with Crippen molar-refractivity contribution in [2.24, 2.45) is 5.92 Å². The largest absolute Gasteiger partial charge is 0.465 e. The minimum absolute atomic E-state index is 0.325. The van der Waals surface area contributed by atoms with Crippen LogP contribution in [0.25, 0.3) is 11.3 Å². The first-order valence-corrected chi connectivity index (χ1v) is 8.08. The van der Waals surface area contributed by atoms with Gasteiger partial charge in [-0.3, -0.25) is 0 Å². The van der Waals surface area contributed by atoms with E-state index >= 15 is 0 Å². The second-order valence-electron chi connectivity index (χ2n) is 5.17. The molecule has 0 bridgehead atoms.